The number of amides is 1. The molecule has 8 heteroatoms. The van der Waals surface area contributed by atoms with Crippen molar-refractivity contribution in [3.8, 4) is 0 Å². The van der Waals surface area contributed by atoms with Gasteiger partial charge < -0.3 is 5.32 Å². The molecule has 0 atom stereocenters. The van der Waals surface area contributed by atoms with Gasteiger partial charge in [0.2, 0.25) is 5.91 Å². The molecule has 0 fully saturated rings. The van der Waals surface area contributed by atoms with E-state index in [0.717, 1.165) is 15.4 Å². The first-order valence-corrected chi connectivity index (χ1v) is 14.6. The van der Waals surface area contributed by atoms with Gasteiger partial charge in [0.05, 0.1) is 10.6 Å². The zero-order valence-corrected chi connectivity index (χ0v) is 24.4. The number of sulfonamides is 1. The number of nitrogens with zero attached hydrogens (tertiary/aromatic N) is 1. The number of ketones is 1. The van der Waals surface area contributed by atoms with Crippen molar-refractivity contribution in [2.75, 3.05) is 16.2 Å². The van der Waals surface area contributed by atoms with Gasteiger partial charge in [0.25, 0.3) is 10.0 Å². The highest BCUT2D eigenvalue weighted by Gasteiger charge is 2.27. The Kier molecular flexibility index (Phi) is 8.47. The number of rotatable bonds is 8. The van der Waals surface area contributed by atoms with E-state index in [0.29, 0.717) is 27.5 Å². The third kappa shape index (κ3) is 6.79. The van der Waals surface area contributed by atoms with Gasteiger partial charge in [-0.3, -0.25) is 13.9 Å². The van der Waals surface area contributed by atoms with Crippen LogP contribution in [0.3, 0.4) is 0 Å². The second kappa shape index (κ2) is 11.7. The number of halogens is 1. The molecule has 6 nitrogen and oxygen atoms in total. The summed E-state index contributed by atoms with van der Waals surface area (Å²) in [6.45, 7) is 7.74. The van der Waals surface area contributed by atoms with Gasteiger partial charge in [-0.1, -0.05) is 86.5 Å². The van der Waals surface area contributed by atoms with Crippen LogP contribution in [0.25, 0.3) is 0 Å². The highest BCUT2D eigenvalue weighted by molar-refractivity contribution is 7.92. The van der Waals surface area contributed by atoms with Crippen LogP contribution in [0, 0.1) is 6.92 Å². The number of carbonyl (C=O) groups excluding carboxylic acids is 2. The Bertz CT molecular complexity index is 1620. The Hall–Kier alpha value is -3.94. The fourth-order valence-corrected chi connectivity index (χ4v) is 5.66. The first-order chi connectivity index (χ1) is 18.8. The molecule has 0 heterocycles. The lowest BCUT2D eigenvalue weighted by atomic mass is 9.86. The molecule has 0 aromatic heterocycles. The van der Waals surface area contributed by atoms with E-state index in [4.69, 9.17) is 11.6 Å². The molecule has 4 aromatic carbocycles. The maximum absolute atomic E-state index is 13.6. The smallest absolute Gasteiger partial charge is 0.264 e. The van der Waals surface area contributed by atoms with Crippen LogP contribution in [0.4, 0.5) is 11.4 Å². The van der Waals surface area contributed by atoms with Crippen LogP contribution >= 0.6 is 11.6 Å². The lowest BCUT2D eigenvalue weighted by molar-refractivity contribution is -0.114. The molecule has 0 aliphatic carbocycles. The van der Waals surface area contributed by atoms with Gasteiger partial charge in [0.1, 0.15) is 6.54 Å². The fourth-order valence-electron chi connectivity index (χ4n) is 4.12. The summed E-state index contributed by atoms with van der Waals surface area (Å²) in [5.74, 6) is -0.736. The Morgan fingerprint density at radius 2 is 1.45 bits per heavy atom. The number of hydrogen-bond acceptors (Lipinski definition) is 4. The van der Waals surface area contributed by atoms with Crippen molar-refractivity contribution in [1.82, 2.24) is 0 Å². The molecular weight excluding hydrogens is 544 g/mol. The lowest BCUT2D eigenvalue weighted by Gasteiger charge is -2.24. The second-order valence-electron chi connectivity index (χ2n) is 10.6. The normalized spacial score (nSPS) is 11.6. The highest BCUT2D eigenvalue weighted by atomic mass is 35.5. The molecule has 0 aliphatic heterocycles. The van der Waals surface area contributed by atoms with Crippen molar-refractivity contribution in [3.05, 3.63) is 124 Å². The zero-order valence-electron chi connectivity index (χ0n) is 22.8. The molecule has 206 valence electrons. The Balaban J connectivity index is 1.56. The Morgan fingerprint density at radius 1 is 0.825 bits per heavy atom. The first-order valence-electron chi connectivity index (χ1n) is 12.7. The van der Waals surface area contributed by atoms with E-state index >= 15 is 0 Å². The number of anilines is 2. The van der Waals surface area contributed by atoms with E-state index < -0.39 is 22.5 Å². The van der Waals surface area contributed by atoms with Gasteiger partial charge in [-0.15, -0.1) is 0 Å². The number of benzene rings is 4. The average Bonchev–Trinajstić information content (AvgIpc) is 2.92. The molecule has 0 radical (unpaired) electrons. The second-order valence-corrected chi connectivity index (χ2v) is 12.9. The quantitative estimate of drug-likeness (QED) is 0.229. The maximum Gasteiger partial charge on any atom is 0.264 e. The van der Waals surface area contributed by atoms with Crippen molar-refractivity contribution < 1.29 is 18.0 Å². The summed E-state index contributed by atoms with van der Waals surface area (Å²) in [6.07, 6.45) is 0. The third-order valence-corrected chi connectivity index (χ3v) is 8.47. The predicted octanol–water partition coefficient (Wildman–Crippen LogP) is 7.01. The molecule has 0 unspecified atom stereocenters. The molecule has 40 heavy (non-hydrogen) atoms. The van der Waals surface area contributed by atoms with Crippen molar-refractivity contribution in [3.63, 3.8) is 0 Å². The summed E-state index contributed by atoms with van der Waals surface area (Å²) < 4.78 is 28.2. The van der Waals surface area contributed by atoms with Gasteiger partial charge >= 0.3 is 0 Å². The van der Waals surface area contributed by atoms with Crippen LogP contribution in [0.5, 0.6) is 0 Å². The number of hydrogen-bond donors (Lipinski definition) is 1. The van der Waals surface area contributed by atoms with Crippen LogP contribution in [0.1, 0.15) is 47.8 Å². The van der Waals surface area contributed by atoms with Gasteiger partial charge in [-0.2, -0.15) is 0 Å². The SMILES string of the molecule is Cc1ccc(N(CC(=O)Nc2cccc(C(=O)c3ccc(C(C)(C)C)cc3)c2)S(=O)(=O)c2ccc(Cl)cc2)cc1. The summed E-state index contributed by atoms with van der Waals surface area (Å²) in [5, 5.41) is 3.14. The van der Waals surface area contributed by atoms with E-state index in [-0.39, 0.29) is 16.1 Å². The van der Waals surface area contributed by atoms with Gasteiger partial charge in [-0.25, -0.2) is 8.42 Å². The summed E-state index contributed by atoms with van der Waals surface area (Å²) in [6, 6.07) is 26.7. The van der Waals surface area contributed by atoms with Crippen LogP contribution in [0.15, 0.2) is 102 Å². The van der Waals surface area contributed by atoms with Gasteiger partial charge in [0.15, 0.2) is 5.78 Å². The number of carbonyl (C=O) groups is 2. The minimum Gasteiger partial charge on any atom is -0.324 e. The zero-order chi connectivity index (χ0) is 29.1. The molecule has 0 saturated heterocycles. The van der Waals surface area contributed by atoms with Crippen molar-refractivity contribution in [2.45, 2.75) is 38.0 Å². The monoisotopic (exact) mass is 574 g/mol. The van der Waals surface area contributed by atoms with E-state index in [1.165, 1.54) is 24.3 Å². The third-order valence-electron chi connectivity index (χ3n) is 6.43. The van der Waals surface area contributed by atoms with E-state index in [2.05, 4.69) is 26.1 Å². The largest absolute Gasteiger partial charge is 0.324 e. The van der Waals surface area contributed by atoms with Gasteiger partial charge in [0, 0.05) is 21.8 Å². The number of nitrogens with one attached hydrogen (secondary N) is 1. The maximum atomic E-state index is 13.6. The topological polar surface area (TPSA) is 83.6 Å². The number of aryl methyl sites for hydroxylation is 1. The van der Waals surface area contributed by atoms with Crippen molar-refractivity contribution in [1.29, 1.82) is 0 Å². The van der Waals surface area contributed by atoms with E-state index in [1.54, 1.807) is 60.7 Å². The molecule has 1 N–H and O–H groups in total. The Labute approximate surface area is 240 Å². The fraction of sp³-hybridized carbons (Fsp3) is 0.188. The standard InChI is InChI=1S/C32H31ClN2O4S/c1-22-8-16-28(17-9-22)35(40(38,39)29-18-14-26(33)15-19-29)21-30(36)34-27-7-5-6-24(20-27)31(37)23-10-12-25(13-11-23)32(2,3)4/h5-20H,21H2,1-4H3,(H,34,36). The summed E-state index contributed by atoms with van der Waals surface area (Å²) in [4.78, 5) is 26.3. The predicted molar refractivity (Wildman–Crippen MR) is 161 cm³/mol. The molecule has 4 rings (SSSR count). The molecule has 0 spiro atoms. The average molecular weight is 575 g/mol. The minimum atomic E-state index is -4.08. The Morgan fingerprint density at radius 3 is 2.05 bits per heavy atom. The first kappa shape index (κ1) is 29.1. The molecule has 0 saturated carbocycles. The molecule has 0 bridgehead atoms. The molecule has 0 aliphatic rings. The summed E-state index contributed by atoms with van der Waals surface area (Å²) in [5.41, 5.74) is 3.72. The minimum absolute atomic E-state index is 0.00958. The molecule has 4 aromatic rings. The summed E-state index contributed by atoms with van der Waals surface area (Å²) in [7, 11) is -4.08. The lowest BCUT2D eigenvalue weighted by Crippen LogP contribution is -2.38. The van der Waals surface area contributed by atoms with E-state index in [1.807, 2.05) is 19.1 Å². The van der Waals surface area contributed by atoms with Crippen LogP contribution in [0.2, 0.25) is 5.02 Å². The van der Waals surface area contributed by atoms with E-state index in [9.17, 15) is 18.0 Å². The van der Waals surface area contributed by atoms with Crippen LogP contribution < -0.4 is 9.62 Å². The van der Waals surface area contributed by atoms with Crippen LogP contribution in [-0.4, -0.2) is 26.7 Å². The highest BCUT2D eigenvalue weighted by Crippen LogP contribution is 2.26. The van der Waals surface area contributed by atoms with Crippen molar-refractivity contribution in [2.24, 2.45) is 0 Å². The van der Waals surface area contributed by atoms with Crippen molar-refractivity contribution >= 4 is 44.7 Å². The van der Waals surface area contributed by atoms with Gasteiger partial charge in [-0.05, 0) is 66.4 Å². The summed E-state index contributed by atoms with van der Waals surface area (Å²) >= 11 is 5.95. The molecule has 1 amide bonds. The molecular formula is C32H31ClN2O4S. The van der Waals surface area contributed by atoms with Crippen LogP contribution in [-0.2, 0) is 20.2 Å².